The van der Waals surface area contributed by atoms with Crippen molar-refractivity contribution in [2.75, 3.05) is 31.5 Å². The number of piperazine rings is 1. The first-order valence-corrected chi connectivity index (χ1v) is 6.63. The van der Waals surface area contributed by atoms with Crippen LogP contribution in [0.5, 0.6) is 0 Å². The standard InChI is InChI=1S/C12H13BrFN3O2/c13-9-7-8(1-2-10(9)14)16-11(18)12(19)17-5-3-15-4-6-17/h1-2,7,15H,3-6H2,(H,16,18). The lowest BCUT2D eigenvalue weighted by Gasteiger charge is -2.26. The molecule has 2 amide bonds. The zero-order valence-electron chi connectivity index (χ0n) is 10.1. The Morgan fingerprint density at radius 2 is 2.00 bits per heavy atom. The first-order valence-electron chi connectivity index (χ1n) is 5.84. The van der Waals surface area contributed by atoms with Gasteiger partial charge in [0.2, 0.25) is 0 Å². The molecule has 0 aromatic heterocycles. The Labute approximate surface area is 118 Å². The maximum absolute atomic E-state index is 13.0. The highest BCUT2D eigenvalue weighted by Gasteiger charge is 2.23. The fourth-order valence-electron chi connectivity index (χ4n) is 1.77. The van der Waals surface area contributed by atoms with Crippen molar-refractivity contribution < 1.29 is 14.0 Å². The van der Waals surface area contributed by atoms with Gasteiger partial charge in [0.15, 0.2) is 0 Å². The topological polar surface area (TPSA) is 61.4 Å². The zero-order chi connectivity index (χ0) is 13.8. The molecule has 1 heterocycles. The number of hydrogen-bond acceptors (Lipinski definition) is 3. The number of rotatable bonds is 1. The highest BCUT2D eigenvalue weighted by molar-refractivity contribution is 9.10. The van der Waals surface area contributed by atoms with Gasteiger partial charge in [-0.2, -0.15) is 0 Å². The van der Waals surface area contributed by atoms with Crippen LogP contribution in [0.25, 0.3) is 0 Å². The van der Waals surface area contributed by atoms with Crippen LogP contribution in [0.2, 0.25) is 0 Å². The summed E-state index contributed by atoms with van der Waals surface area (Å²) < 4.78 is 13.3. The van der Waals surface area contributed by atoms with Crippen molar-refractivity contribution in [1.82, 2.24) is 10.2 Å². The quantitative estimate of drug-likeness (QED) is 0.754. The first-order chi connectivity index (χ1) is 9.08. The molecule has 102 valence electrons. The lowest BCUT2D eigenvalue weighted by Crippen LogP contribution is -2.49. The van der Waals surface area contributed by atoms with E-state index in [2.05, 4.69) is 26.6 Å². The number of amides is 2. The highest BCUT2D eigenvalue weighted by Crippen LogP contribution is 2.19. The summed E-state index contributed by atoms with van der Waals surface area (Å²) in [5, 5.41) is 5.56. The molecular weight excluding hydrogens is 317 g/mol. The summed E-state index contributed by atoms with van der Waals surface area (Å²) in [6, 6.07) is 4.04. The van der Waals surface area contributed by atoms with Gasteiger partial charge < -0.3 is 15.5 Å². The van der Waals surface area contributed by atoms with E-state index in [0.717, 1.165) is 0 Å². The first kappa shape index (κ1) is 14.0. The second kappa shape index (κ2) is 6.12. The monoisotopic (exact) mass is 329 g/mol. The number of nitrogens with one attached hydrogen (secondary N) is 2. The zero-order valence-corrected chi connectivity index (χ0v) is 11.7. The Morgan fingerprint density at radius 3 is 2.63 bits per heavy atom. The van der Waals surface area contributed by atoms with Gasteiger partial charge in [0, 0.05) is 31.9 Å². The third-order valence-electron chi connectivity index (χ3n) is 2.78. The number of nitrogens with zero attached hydrogens (tertiary/aromatic N) is 1. The molecule has 0 aliphatic carbocycles. The van der Waals surface area contributed by atoms with Crippen LogP contribution in [0.1, 0.15) is 0 Å². The molecule has 0 saturated carbocycles. The number of hydrogen-bond donors (Lipinski definition) is 2. The van der Waals surface area contributed by atoms with Crippen molar-refractivity contribution in [2.45, 2.75) is 0 Å². The second-order valence-corrected chi connectivity index (χ2v) is 4.98. The average molecular weight is 330 g/mol. The minimum Gasteiger partial charge on any atom is -0.332 e. The number of carbonyl (C=O) groups excluding carboxylic acids is 2. The molecule has 0 atom stereocenters. The molecule has 19 heavy (non-hydrogen) atoms. The average Bonchev–Trinajstić information content (AvgIpc) is 2.43. The van der Waals surface area contributed by atoms with Crippen molar-refractivity contribution in [1.29, 1.82) is 0 Å². The maximum Gasteiger partial charge on any atom is 0.313 e. The van der Waals surface area contributed by atoms with Crippen LogP contribution in [0.15, 0.2) is 22.7 Å². The molecule has 1 aromatic rings. The molecule has 2 N–H and O–H groups in total. The van der Waals surface area contributed by atoms with Gasteiger partial charge >= 0.3 is 11.8 Å². The van der Waals surface area contributed by atoms with Crippen molar-refractivity contribution in [2.24, 2.45) is 0 Å². The van der Waals surface area contributed by atoms with Crippen LogP contribution in [-0.4, -0.2) is 42.9 Å². The van der Waals surface area contributed by atoms with Gasteiger partial charge in [-0.25, -0.2) is 4.39 Å². The summed E-state index contributed by atoms with van der Waals surface area (Å²) in [5.41, 5.74) is 0.377. The summed E-state index contributed by atoms with van der Waals surface area (Å²) in [5.74, 6) is -1.70. The lowest BCUT2D eigenvalue weighted by molar-refractivity contribution is -0.143. The Morgan fingerprint density at radius 1 is 1.32 bits per heavy atom. The summed E-state index contributed by atoms with van der Waals surface area (Å²) in [6.45, 7) is 2.39. The molecule has 0 bridgehead atoms. The Kier molecular flexibility index (Phi) is 4.49. The molecule has 0 spiro atoms. The predicted molar refractivity (Wildman–Crippen MR) is 72.2 cm³/mol. The molecule has 7 heteroatoms. The fourth-order valence-corrected chi connectivity index (χ4v) is 2.15. The van der Waals surface area contributed by atoms with E-state index in [1.165, 1.54) is 23.1 Å². The van der Waals surface area contributed by atoms with Crippen molar-refractivity contribution in [3.63, 3.8) is 0 Å². The fraction of sp³-hybridized carbons (Fsp3) is 0.333. The van der Waals surface area contributed by atoms with Gasteiger partial charge in [0.05, 0.1) is 4.47 Å². The molecule has 1 aliphatic rings. The van der Waals surface area contributed by atoms with E-state index in [-0.39, 0.29) is 4.47 Å². The van der Waals surface area contributed by atoms with Gasteiger partial charge in [-0.1, -0.05) is 0 Å². The number of anilines is 1. The normalized spacial score (nSPS) is 15.2. The summed E-state index contributed by atoms with van der Waals surface area (Å²) in [7, 11) is 0. The van der Waals surface area contributed by atoms with Crippen LogP contribution >= 0.6 is 15.9 Å². The summed E-state index contributed by atoms with van der Waals surface area (Å²) >= 11 is 3.02. The third-order valence-corrected chi connectivity index (χ3v) is 3.38. The van der Waals surface area contributed by atoms with Crippen LogP contribution in [0.4, 0.5) is 10.1 Å². The third kappa shape index (κ3) is 3.51. The van der Waals surface area contributed by atoms with Crippen molar-refractivity contribution in [3.05, 3.63) is 28.5 Å². The van der Waals surface area contributed by atoms with E-state index in [1.54, 1.807) is 0 Å². The van der Waals surface area contributed by atoms with Gasteiger partial charge in [-0.05, 0) is 34.1 Å². The number of halogens is 2. The minimum atomic E-state index is -0.708. The molecule has 1 aromatic carbocycles. The summed E-state index contributed by atoms with van der Waals surface area (Å²) in [4.78, 5) is 25.1. The van der Waals surface area contributed by atoms with Crippen LogP contribution < -0.4 is 10.6 Å². The van der Waals surface area contributed by atoms with E-state index in [1.807, 2.05) is 0 Å². The van der Waals surface area contributed by atoms with E-state index < -0.39 is 17.6 Å². The second-order valence-electron chi connectivity index (χ2n) is 4.13. The molecule has 0 unspecified atom stereocenters. The number of carbonyl (C=O) groups is 2. The largest absolute Gasteiger partial charge is 0.332 e. The van der Waals surface area contributed by atoms with Gasteiger partial charge in [0.1, 0.15) is 5.82 Å². The van der Waals surface area contributed by atoms with Crippen molar-refractivity contribution in [3.8, 4) is 0 Å². The van der Waals surface area contributed by atoms with E-state index in [4.69, 9.17) is 0 Å². The molecular formula is C12H13BrFN3O2. The molecule has 1 aliphatic heterocycles. The van der Waals surface area contributed by atoms with Gasteiger partial charge in [0.25, 0.3) is 0 Å². The Bertz CT molecular complexity index is 504. The van der Waals surface area contributed by atoms with Crippen LogP contribution in [0.3, 0.4) is 0 Å². The Balaban J connectivity index is 1.99. The molecule has 5 nitrogen and oxygen atoms in total. The van der Waals surface area contributed by atoms with E-state index >= 15 is 0 Å². The molecule has 1 fully saturated rings. The predicted octanol–water partition coefficient (Wildman–Crippen LogP) is 0.958. The molecule has 0 radical (unpaired) electrons. The molecule has 1 saturated heterocycles. The Hall–Kier alpha value is -1.47. The minimum absolute atomic E-state index is 0.236. The molecule has 2 rings (SSSR count). The number of benzene rings is 1. The van der Waals surface area contributed by atoms with Crippen molar-refractivity contribution >= 4 is 33.4 Å². The lowest BCUT2D eigenvalue weighted by atomic mass is 10.3. The van der Waals surface area contributed by atoms with E-state index in [9.17, 15) is 14.0 Å². The van der Waals surface area contributed by atoms with Crippen LogP contribution in [-0.2, 0) is 9.59 Å². The SMILES string of the molecule is O=C(Nc1ccc(F)c(Br)c1)C(=O)N1CCNCC1. The van der Waals surface area contributed by atoms with Crippen LogP contribution in [0, 0.1) is 5.82 Å². The van der Waals surface area contributed by atoms with E-state index in [0.29, 0.717) is 31.9 Å². The van der Waals surface area contributed by atoms with Gasteiger partial charge in [-0.15, -0.1) is 0 Å². The highest BCUT2D eigenvalue weighted by atomic mass is 79.9. The summed E-state index contributed by atoms with van der Waals surface area (Å²) in [6.07, 6.45) is 0. The maximum atomic E-state index is 13.0. The smallest absolute Gasteiger partial charge is 0.313 e. The van der Waals surface area contributed by atoms with Gasteiger partial charge in [-0.3, -0.25) is 9.59 Å².